The highest BCUT2D eigenvalue weighted by Crippen LogP contribution is 2.08. The van der Waals surface area contributed by atoms with Crippen LogP contribution >= 0.6 is 0 Å². The maximum atomic E-state index is 5.02. The second kappa shape index (κ2) is 5.54. The largest absolute Gasteiger partial charge is 0.377 e. The molecule has 3 heteroatoms. The fraction of sp³-hybridized carbons (Fsp3) is 0.500. The molecule has 1 aliphatic heterocycles. The standard InChI is InChI=1S/C8H10N2O.C2H6/c1-2-4-9-8(3-1)10-7-5-11-6-7;1-2/h1-4,7H,5-6H2,(H,9,10);1-2H3. The molecule has 0 saturated carbocycles. The van der Waals surface area contributed by atoms with Gasteiger partial charge in [0.15, 0.2) is 0 Å². The predicted octanol–water partition coefficient (Wildman–Crippen LogP) is 1.92. The number of hydrogen-bond donors (Lipinski definition) is 1. The number of nitrogens with zero attached hydrogens (tertiary/aromatic N) is 1. The fourth-order valence-corrected chi connectivity index (χ4v) is 0.976. The molecule has 1 N–H and O–H groups in total. The van der Waals surface area contributed by atoms with Gasteiger partial charge < -0.3 is 10.1 Å². The van der Waals surface area contributed by atoms with E-state index in [1.807, 2.05) is 32.0 Å². The minimum absolute atomic E-state index is 0.463. The smallest absolute Gasteiger partial charge is 0.126 e. The van der Waals surface area contributed by atoms with Gasteiger partial charge >= 0.3 is 0 Å². The van der Waals surface area contributed by atoms with Crippen molar-refractivity contribution < 1.29 is 4.74 Å². The molecule has 0 amide bonds. The van der Waals surface area contributed by atoms with E-state index in [1.54, 1.807) is 6.20 Å². The van der Waals surface area contributed by atoms with Crippen LogP contribution in [0, 0.1) is 0 Å². The first-order valence-electron chi connectivity index (χ1n) is 4.70. The fourth-order valence-electron chi connectivity index (χ4n) is 0.976. The lowest BCUT2D eigenvalue weighted by Gasteiger charge is -2.27. The predicted molar refractivity (Wildman–Crippen MR) is 53.8 cm³/mol. The Bertz CT molecular complexity index is 222. The molecule has 0 unspecified atom stereocenters. The molecule has 2 rings (SSSR count). The molecule has 3 nitrogen and oxygen atoms in total. The highest BCUT2D eigenvalue weighted by atomic mass is 16.5. The minimum atomic E-state index is 0.463. The quantitative estimate of drug-likeness (QED) is 0.755. The van der Waals surface area contributed by atoms with Crippen LogP contribution in [0.2, 0.25) is 0 Å². The van der Waals surface area contributed by atoms with Crippen LogP contribution < -0.4 is 5.32 Å². The molecule has 1 aliphatic rings. The molecule has 1 aromatic rings. The summed E-state index contributed by atoms with van der Waals surface area (Å²) in [5.41, 5.74) is 0. The number of nitrogens with one attached hydrogen (secondary N) is 1. The van der Waals surface area contributed by atoms with Gasteiger partial charge in [-0.1, -0.05) is 19.9 Å². The highest BCUT2D eigenvalue weighted by molar-refractivity contribution is 5.34. The van der Waals surface area contributed by atoms with Crippen LogP contribution in [0.3, 0.4) is 0 Å². The highest BCUT2D eigenvalue weighted by Gasteiger charge is 2.17. The first kappa shape index (κ1) is 9.99. The maximum absolute atomic E-state index is 5.02. The molecule has 1 fully saturated rings. The molecule has 0 spiro atoms. The van der Waals surface area contributed by atoms with Crippen molar-refractivity contribution in [3.8, 4) is 0 Å². The van der Waals surface area contributed by atoms with Crippen LogP contribution in [0.4, 0.5) is 5.82 Å². The lowest BCUT2D eigenvalue weighted by Crippen LogP contribution is -2.40. The molecule has 2 heterocycles. The summed E-state index contributed by atoms with van der Waals surface area (Å²) in [4.78, 5) is 4.13. The average molecular weight is 180 g/mol. The van der Waals surface area contributed by atoms with Crippen molar-refractivity contribution in [2.75, 3.05) is 18.5 Å². The molecule has 1 aromatic heterocycles. The molecule has 0 bridgehead atoms. The summed E-state index contributed by atoms with van der Waals surface area (Å²) in [6.07, 6.45) is 1.78. The molecular formula is C10H16N2O. The number of pyridine rings is 1. The van der Waals surface area contributed by atoms with Crippen molar-refractivity contribution in [1.29, 1.82) is 0 Å². The monoisotopic (exact) mass is 180 g/mol. The van der Waals surface area contributed by atoms with Crippen molar-refractivity contribution in [2.24, 2.45) is 0 Å². The number of aromatic nitrogens is 1. The van der Waals surface area contributed by atoms with E-state index in [2.05, 4.69) is 10.3 Å². The average Bonchev–Trinajstić information content (AvgIpc) is 2.17. The number of ether oxygens (including phenoxy) is 1. The zero-order chi connectivity index (χ0) is 9.52. The van der Waals surface area contributed by atoms with Gasteiger partial charge in [-0.25, -0.2) is 4.98 Å². The van der Waals surface area contributed by atoms with Crippen LogP contribution in [-0.4, -0.2) is 24.2 Å². The van der Waals surface area contributed by atoms with E-state index in [9.17, 15) is 0 Å². The van der Waals surface area contributed by atoms with E-state index < -0.39 is 0 Å². The Balaban J connectivity index is 0.000000396. The van der Waals surface area contributed by atoms with Crippen molar-refractivity contribution >= 4 is 5.82 Å². The Morgan fingerprint density at radius 2 is 2.15 bits per heavy atom. The second-order valence-corrected chi connectivity index (χ2v) is 2.59. The van der Waals surface area contributed by atoms with Gasteiger partial charge in [-0.15, -0.1) is 0 Å². The normalized spacial score (nSPS) is 15.2. The van der Waals surface area contributed by atoms with E-state index in [0.717, 1.165) is 19.0 Å². The summed E-state index contributed by atoms with van der Waals surface area (Å²) in [5.74, 6) is 0.931. The Morgan fingerprint density at radius 3 is 2.62 bits per heavy atom. The summed E-state index contributed by atoms with van der Waals surface area (Å²) in [5, 5.41) is 3.24. The van der Waals surface area contributed by atoms with Gasteiger partial charge in [-0.05, 0) is 12.1 Å². The number of hydrogen-bond acceptors (Lipinski definition) is 3. The Labute approximate surface area is 79.1 Å². The molecule has 0 aliphatic carbocycles. The molecule has 0 atom stereocenters. The van der Waals surface area contributed by atoms with E-state index in [1.165, 1.54) is 0 Å². The summed E-state index contributed by atoms with van der Waals surface area (Å²) >= 11 is 0. The van der Waals surface area contributed by atoms with Gasteiger partial charge in [-0.2, -0.15) is 0 Å². The second-order valence-electron chi connectivity index (χ2n) is 2.59. The van der Waals surface area contributed by atoms with Crippen molar-refractivity contribution in [2.45, 2.75) is 19.9 Å². The lowest BCUT2D eigenvalue weighted by molar-refractivity contribution is 0.0209. The van der Waals surface area contributed by atoms with Crippen molar-refractivity contribution in [3.63, 3.8) is 0 Å². The Morgan fingerprint density at radius 1 is 1.38 bits per heavy atom. The van der Waals surface area contributed by atoms with Crippen molar-refractivity contribution in [3.05, 3.63) is 24.4 Å². The topological polar surface area (TPSA) is 34.1 Å². The molecule has 0 radical (unpaired) electrons. The first-order valence-corrected chi connectivity index (χ1v) is 4.70. The van der Waals surface area contributed by atoms with Gasteiger partial charge in [-0.3, -0.25) is 0 Å². The third-order valence-electron chi connectivity index (χ3n) is 1.65. The van der Waals surface area contributed by atoms with Gasteiger partial charge in [0.2, 0.25) is 0 Å². The third-order valence-corrected chi connectivity index (χ3v) is 1.65. The summed E-state index contributed by atoms with van der Waals surface area (Å²) in [6.45, 7) is 5.60. The number of anilines is 1. The van der Waals surface area contributed by atoms with Crippen molar-refractivity contribution in [1.82, 2.24) is 4.98 Å². The maximum Gasteiger partial charge on any atom is 0.126 e. The van der Waals surface area contributed by atoms with Gasteiger partial charge in [0.1, 0.15) is 5.82 Å². The van der Waals surface area contributed by atoms with Gasteiger partial charge in [0.25, 0.3) is 0 Å². The zero-order valence-corrected chi connectivity index (χ0v) is 8.16. The molecular weight excluding hydrogens is 164 g/mol. The molecule has 72 valence electrons. The summed E-state index contributed by atoms with van der Waals surface area (Å²) in [7, 11) is 0. The Hall–Kier alpha value is -1.09. The minimum Gasteiger partial charge on any atom is -0.377 e. The molecule has 1 saturated heterocycles. The van der Waals surface area contributed by atoms with E-state index in [0.29, 0.717) is 6.04 Å². The van der Waals surface area contributed by atoms with E-state index in [4.69, 9.17) is 4.74 Å². The Kier molecular flexibility index (Phi) is 4.26. The molecule has 0 aromatic carbocycles. The third kappa shape index (κ3) is 3.03. The SMILES string of the molecule is CC.c1ccc(NC2COC2)nc1. The van der Waals surface area contributed by atoms with Crippen LogP contribution in [0.5, 0.6) is 0 Å². The molecule has 13 heavy (non-hydrogen) atoms. The summed E-state index contributed by atoms with van der Waals surface area (Å²) < 4.78 is 5.02. The lowest BCUT2D eigenvalue weighted by atomic mass is 10.2. The van der Waals surface area contributed by atoms with Crippen LogP contribution in [-0.2, 0) is 4.74 Å². The van der Waals surface area contributed by atoms with Crippen LogP contribution in [0.1, 0.15) is 13.8 Å². The zero-order valence-electron chi connectivity index (χ0n) is 8.16. The number of rotatable bonds is 2. The van der Waals surface area contributed by atoms with Gasteiger partial charge in [0, 0.05) is 6.20 Å². The van der Waals surface area contributed by atoms with Crippen LogP contribution in [0.15, 0.2) is 24.4 Å². The van der Waals surface area contributed by atoms with E-state index in [-0.39, 0.29) is 0 Å². The first-order chi connectivity index (χ1) is 6.45. The van der Waals surface area contributed by atoms with Crippen LogP contribution in [0.25, 0.3) is 0 Å². The van der Waals surface area contributed by atoms with Gasteiger partial charge in [0.05, 0.1) is 19.3 Å². The van der Waals surface area contributed by atoms with E-state index >= 15 is 0 Å². The summed E-state index contributed by atoms with van der Waals surface area (Å²) in [6, 6.07) is 6.29.